The van der Waals surface area contributed by atoms with E-state index in [4.69, 9.17) is 15.2 Å². The van der Waals surface area contributed by atoms with E-state index in [0.29, 0.717) is 23.1 Å². The highest BCUT2D eigenvalue weighted by molar-refractivity contribution is 9.10. The Balaban J connectivity index is 2.21. The zero-order valence-corrected chi connectivity index (χ0v) is 13.0. The minimum atomic E-state index is -0.451. The van der Waals surface area contributed by atoms with Crippen molar-refractivity contribution in [3.63, 3.8) is 0 Å². The first kappa shape index (κ1) is 13.5. The topological polar surface area (TPSA) is 74.4 Å². The van der Waals surface area contributed by atoms with Crippen LogP contribution in [-0.2, 0) is 4.74 Å². The van der Waals surface area contributed by atoms with Gasteiger partial charge in [-0.1, -0.05) is 15.9 Å². The molecule has 0 spiro atoms. The highest BCUT2D eigenvalue weighted by Gasteiger charge is 2.27. The normalized spacial score (nSPS) is 16.6. The smallest absolute Gasteiger partial charge is 0.367 e. The largest absolute Gasteiger partial charge is 0.491 e. The van der Waals surface area contributed by atoms with Gasteiger partial charge in [-0.15, -0.1) is 11.3 Å². The number of aromatic nitrogens is 1. The molecule has 0 fully saturated rings. The van der Waals surface area contributed by atoms with Crippen molar-refractivity contribution in [2.45, 2.75) is 6.04 Å². The van der Waals surface area contributed by atoms with Crippen molar-refractivity contribution in [3.05, 3.63) is 32.6 Å². The van der Waals surface area contributed by atoms with E-state index in [1.807, 2.05) is 18.2 Å². The molecule has 1 aliphatic rings. The van der Waals surface area contributed by atoms with Crippen molar-refractivity contribution < 1.29 is 14.3 Å². The molecular weight excluding hydrogens is 344 g/mol. The van der Waals surface area contributed by atoms with Gasteiger partial charge in [0, 0.05) is 10.0 Å². The van der Waals surface area contributed by atoms with Gasteiger partial charge in [-0.2, -0.15) is 0 Å². The number of nitrogens with two attached hydrogens (primary N) is 1. The molecule has 2 aromatic rings. The second kappa shape index (κ2) is 5.16. The molecule has 1 atom stereocenters. The number of thiazole rings is 1. The van der Waals surface area contributed by atoms with Crippen LogP contribution >= 0.6 is 27.3 Å². The maximum Gasteiger partial charge on any atom is 0.367 e. The first-order chi connectivity index (χ1) is 9.60. The van der Waals surface area contributed by atoms with Crippen molar-refractivity contribution in [2.24, 2.45) is 5.73 Å². The quantitative estimate of drug-likeness (QED) is 0.797. The van der Waals surface area contributed by atoms with Crippen LogP contribution in [0.1, 0.15) is 20.7 Å². The van der Waals surface area contributed by atoms with E-state index >= 15 is 0 Å². The van der Waals surface area contributed by atoms with E-state index in [1.54, 1.807) is 0 Å². The number of carbonyl (C=O) groups is 1. The van der Waals surface area contributed by atoms with Crippen molar-refractivity contribution in [2.75, 3.05) is 13.7 Å². The number of nitrogens with zero attached hydrogens (tertiary/aromatic N) is 1. The van der Waals surface area contributed by atoms with Gasteiger partial charge in [0.1, 0.15) is 12.4 Å². The number of hydrogen-bond acceptors (Lipinski definition) is 6. The Bertz CT molecular complexity index is 686. The van der Waals surface area contributed by atoms with Crippen LogP contribution < -0.4 is 10.5 Å². The van der Waals surface area contributed by atoms with Gasteiger partial charge in [-0.3, -0.25) is 0 Å². The minimum absolute atomic E-state index is 0.306. The van der Waals surface area contributed by atoms with Gasteiger partial charge in [-0.25, -0.2) is 9.78 Å². The number of rotatable bonds is 1. The molecule has 1 aliphatic heterocycles. The maximum atomic E-state index is 11.6. The summed E-state index contributed by atoms with van der Waals surface area (Å²) in [5, 5.41) is 0.306. The number of esters is 1. The third-order valence-corrected chi connectivity index (χ3v) is 4.63. The van der Waals surface area contributed by atoms with Gasteiger partial charge in [0.25, 0.3) is 0 Å². The SMILES string of the molecule is COC(=O)c1nc2c(s1)C(N)COc1ccc(Br)cc1-2. The summed E-state index contributed by atoms with van der Waals surface area (Å²) in [6.45, 7) is 0.352. The average Bonchev–Trinajstić information content (AvgIpc) is 2.85. The number of methoxy groups -OCH3 is 1. The van der Waals surface area contributed by atoms with Crippen LogP contribution in [0.4, 0.5) is 0 Å². The number of fused-ring (bicyclic) bond motifs is 3. The number of hydrogen-bond donors (Lipinski definition) is 1. The Morgan fingerprint density at radius 1 is 1.60 bits per heavy atom. The highest BCUT2D eigenvalue weighted by Crippen LogP contribution is 2.41. The number of carbonyl (C=O) groups excluding carboxylic acids is 1. The first-order valence-corrected chi connectivity index (χ1v) is 7.48. The fraction of sp³-hybridized carbons (Fsp3) is 0.231. The van der Waals surface area contributed by atoms with Crippen LogP contribution in [-0.4, -0.2) is 24.7 Å². The number of benzene rings is 1. The molecule has 104 valence electrons. The second-order valence-corrected chi connectivity index (χ2v) is 6.23. The average molecular weight is 355 g/mol. The summed E-state index contributed by atoms with van der Waals surface area (Å²) in [4.78, 5) is 16.9. The Hall–Kier alpha value is -1.44. The number of halogens is 1. The molecule has 0 radical (unpaired) electrons. The Kier molecular flexibility index (Phi) is 3.49. The molecule has 1 aromatic heterocycles. The van der Waals surface area contributed by atoms with Crippen molar-refractivity contribution in [3.8, 4) is 17.0 Å². The fourth-order valence-electron chi connectivity index (χ4n) is 2.02. The lowest BCUT2D eigenvalue weighted by molar-refractivity contribution is 0.0600. The first-order valence-electron chi connectivity index (χ1n) is 5.87. The van der Waals surface area contributed by atoms with Gasteiger partial charge in [0.15, 0.2) is 0 Å². The molecule has 0 saturated heterocycles. The van der Waals surface area contributed by atoms with Gasteiger partial charge in [0.2, 0.25) is 5.01 Å². The summed E-state index contributed by atoms with van der Waals surface area (Å²) in [6, 6.07) is 5.35. The Morgan fingerprint density at radius 3 is 3.15 bits per heavy atom. The lowest BCUT2D eigenvalue weighted by atomic mass is 10.1. The van der Waals surface area contributed by atoms with Gasteiger partial charge in [-0.05, 0) is 18.2 Å². The van der Waals surface area contributed by atoms with Crippen molar-refractivity contribution in [1.82, 2.24) is 4.98 Å². The maximum absolute atomic E-state index is 11.6. The molecular formula is C13H11BrN2O3S. The molecule has 2 heterocycles. The van der Waals surface area contributed by atoms with Crippen LogP contribution in [0.25, 0.3) is 11.3 Å². The molecule has 1 aromatic carbocycles. The highest BCUT2D eigenvalue weighted by atomic mass is 79.9. The van der Waals surface area contributed by atoms with E-state index in [0.717, 1.165) is 14.9 Å². The molecule has 1 unspecified atom stereocenters. The summed E-state index contributed by atoms with van der Waals surface area (Å²) in [5.74, 6) is 0.261. The standard InChI is InChI=1S/C13H11BrN2O3S/c1-18-13(17)12-16-10-7-4-6(14)2-3-9(7)19-5-8(15)11(10)20-12/h2-4,8H,5,15H2,1H3. The summed E-state index contributed by atoms with van der Waals surface area (Å²) >= 11 is 4.68. The molecule has 0 saturated carbocycles. The van der Waals surface area contributed by atoms with Gasteiger partial charge >= 0.3 is 5.97 Å². The monoisotopic (exact) mass is 354 g/mol. The molecule has 2 N–H and O–H groups in total. The van der Waals surface area contributed by atoms with E-state index in [9.17, 15) is 4.79 Å². The van der Waals surface area contributed by atoms with Crippen LogP contribution in [0.5, 0.6) is 5.75 Å². The molecule has 0 aliphatic carbocycles. The molecule has 5 nitrogen and oxygen atoms in total. The molecule has 0 amide bonds. The summed E-state index contributed by atoms with van der Waals surface area (Å²) in [7, 11) is 1.34. The lowest BCUT2D eigenvalue weighted by Crippen LogP contribution is -2.16. The summed E-state index contributed by atoms with van der Waals surface area (Å²) in [6.07, 6.45) is 0. The van der Waals surface area contributed by atoms with Crippen LogP contribution in [0.2, 0.25) is 0 Å². The van der Waals surface area contributed by atoms with Crippen molar-refractivity contribution in [1.29, 1.82) is 0 Å². The van der Waals surface area contributed by atoms with Gasteiger partial charge in [0.05, 0.1) is 23.7 Å². The van der Waals surface area contributed by atoms with Crippen molar-refractivity contribution >= 4 is 33.2 Å². The molecule has 20 heavy (non-hydrogen) atoms. The number of ether oxygens (including phenoxy) is 2. The van der Waals surface area contributed by atoms with E-state index in [2.05, 4.69) is 20.9 Å². The van der Waals surface area contributed by atoms with Crippen LogP contribution in [0, 0.1) is 0 Å². The zero-order valence-electron chi connectivity index (χ0n) is 10.6. The molecule has 7 heteroatoms. The Labute approximate surface area is 127 Å². The summed E-state index contributed by atoms with van der Waals surface area (Å²) in [5.41, 5.74) is 7.62. The fourth-order valence-corrected chi connectivity index (χ4v) is 3.36. The third kappa shape index (κ3) is 2.21. The zero-order chi connectivity index (χ0) is 14.3. The van der Waals surface area contributed by atoms with Gasteiger partial charge < -0.3 is 15.2 Å². The van der Waals surface area contributed by atoms with Crippen LogP contribution in [0.3, 0.4) is 0 Å². The van der Waals surface area contributed by atoms with E-state index in [-0.39, 0.29) is 6.04 Å². The predicted molar refractivity (Wildman–Crippen MR) is 79.0 cm³/mol. The summed E-state index contributed by atoms with van der Waals surface area (Å²) < 4.78 is 11.3. The lowest BCUT2D eigenvalue weighted by Gasteiger charge is -2.08. The predicted octanol–water partition coefficient (Wildman–Crippen LogP) is 2.75. The molecule has 3 rings (SSSR count). The third-order valence-electron chi connectivity index (χ3n) is 2.97. The Morgan fingerprint density at radius 2 is 2.40 bits per heavy atom. The van der Waals surface area contributed by atoms with E-state index in [1.165, 1.54) is 18.4 Å². The van der Waals surface area contributed by atoms with E-state index < -0.39 is 5.97 Å². The molecule has 0 bridgehead atoms. The van der Waals surface area contributed by atoms with Crippen LogP contribution in [0.15, 0.2) is 22.7 Å². The minimum Gasteiger partial charge on any atom is -0.491 e. The second-order valence-electron chi connectivity index (χ2n) is 4.28.